The molecule has 0 fully saturated rings. The van der Waals surface area contributed by atoms with Gasteiger partial charge in [-0.25, -0.2) is 4.79 Å². The average Bonchev–Trinajstić information content (AvgIpc) is 2.23. The third kappa shape index (κ3) is 4.44. The van der Waals surface area contributed by atoms with Crippen LogP contribution in [0.1, 0.15) is 29.8 Å². The molecule has 19 heavy (non-hydrogen) atoms. The summed E-state index contributed by atoms with van der Waals surface area (Å²) in [6, 6.07) is 2.40. The van der Waals surface area contributed by atoms with Gasteiger partial charge < -0.3 is 15.5 Å². The van der Waals surface area contributed by atoms with Gasteiger partial charge in [0.05, 0.1) is 16.7 Å². The molecule has 0 amide bonds. The summed E-state index contributed by atoms with van der Waals surface area (Å²) in [5.41, 5.74) is -2.60. The largest absolute Gasteiger partial charge is 0.478 e. The van der Waals surface area contributed by atoms with Crippen molar-refractivity contribution in [2.45, 2.75) is 25.6 Å². The maximum atomic E-state index is 12.5. The summed E-state index contributed by atoms with van der Waals surface area (Å²) < 4.78 is 37.5. The van der Waals surface area contributed by atoms with Crippen molar-refractivity contribution >= 4 is 11.7 Å². The van der Waals surface area contributed by atoms with Gasteiger partial charge in [0.2, 0.25) is 0 Å². The Bertz CT molecular complexity index is 478. The number of halogens is 3. The van der Waals surface area contributed by atoms with Gasteiger partial charge in [-0.2, -0.15) is 13.2 Å². The highest BCUT2D eigenvalue weighted by atomic mass is 19.4. The lowest BCUT2D eigenvalue weighted by atomic mass is 10.1. The zero-order valence-corrected chi connectivity index (χ0v) is 10.4. The second-order valence-electron chi connectivity index (χ2n) is 4.73. The first kappa shape index (κ1) is 15.3. The van der Waals surface area contributed by atoms with Gasteiger partial charge in [-0.1, -0.05) is 0 Å². The smallest absolute Gasteiger partial charge is 0.416 e. The normalized spacial score (nSPS) is 12.3. The fourth-order valence-corrected chi connectivity index (χ4v) is 1.36. The molecular weight excluding hydrogens is 263 g/mol. The molecule has 106 valence electrons. The van der Waals surface area contributed by atoms with Gasteiger partial charge in [-0.3, -0.25) is 0 Å². The number of hydrogen-bond acceptors (Lipinski definition) is 3. The fourth-order valence-electron chi connectivity index (χ4n) is 1.36. The maximum absolute atomic E-state index is 12.5. The zero-order chi connectivity index (χ0) is 14.8. The van der Waals surface area contributed by atoms with Crippen molar-refractivity contribution in [2.24, 2.45) is 0 Å². The van der Waals surface area contributed by atoms with Crippen LogP contribution in [0, 0.1) is 0 Å². The fraction of sp³-hybridized carbons (Fsp3) is 0.417. The van der Waals surface area contributed by atoms with Crippen molar-refractivity contribution in [3.8, 4) is 0 Å². The molecule has 0 aliphatic heterocycles. The quantitative estimate of drug-likeness (QED) is 0.791. The topological polar surface area (TPSA) is 69.6 Å². The van der Waals surface area contributed by atoms with Gasteiger partial charge >= 0.3 is 12.1 Å². The van der Waals surface area contributed by atoms with E-state index in [2.05, 4.69) is 5.32 Å². The van der Waals surface area contributed by atoms with Crippen LogP contribution in [-0.4, -0.2) is 28.3 Å². The van der Waals surface area contributed by atoms with Gasteiger partial charge in [0.1, 0.15) is 0 Å². The predicted molar refractivity (Wildman–Crippen MR) is 63.2 cm³/mol. The number of nitrogens with one attached hydrogen (secondary N) is 1. The Hall–Kier alpha value is -1.76. The van der Waals surface area contributed by atoms with Crippen LogP contribution in [0.5, 0.6) is 0 Å². The second-order valence-corrected chi connectivity index (χ2v) is 4.73. The minimum absolute atomic E-state index is 0.0125. The molecule has 1 aromatic rings. The van der Waals surface area contributed by atoms with E-state index in [0.717, 1.165) is 12.1 Å². The molecule has 0 saturated heterocycles. The molecule has 7 heteroatoms. The Morgan fingerprint density at radius 3 is 2.32 bits per heavy atom. The van der Waals surface area contributed by atoms with Gasteiger partial charge in [0.15, 0.2) is 0 Å². The first-order valence-electron chi connectivity index (χ1n) is 5.41. The monoisotopic (exact) mass is 277 g/mol. The number of aromatic carboxylic acids is 1. The lowest BCUT2D eigenvalue weighted by Crippen LogP contribution is -2.29. The van der Waals surface area contributed by atoms with Crippen LogP contribution in [-0.2, 0) is 6.18 Å². The van der Waals surface area contributed by atoms with E-state index in [1.807, 2.05) is 0 Å². The summed E-state index contributed by atoms with van der Waals surface area (Å²) in [5, 5.41) is 21.0. The predicted octanol–water partition coefficient (Wildman–Crippen LogP) is 2.59. The number of hydrogen-bond donors (Lipinski definition) is 3. The Labute approximate surface area is 107 Å². The number of carbonyl (C=O) groups is 1. The molecule has 0 aliphatic rings. The Balaban J connectivity index is 3.09. The maximum Gasteiger partial charge on any atom is 0.416 e. The number of carboxylic acids is 1. The first-order chi connectivity index (χ1) is 8.50. The summed E-state index contributed by atoms with van der Waals surface area (Å²) in [5.74, 6) is -1.47. The molecule has 4 nitrogen and oxygen atoms in total. The summed E-state index contributed by atoms with van der Waals surface area (Å²) in [6.45, 7) is 2.99. The SMILES string of the molecule is CC(C)(O)CNc1ccc(C(F)(F)F)cc1C(=O)O. The van der Waals surface area contributed by atoms with E-state index >= 15 is 0 Å². The molecule has 0 bridgehead atoms. The van der Waals surface area contributed by atoms with E-state index in [9.17, 15) is 23.1 Å². The molecule has 0 atom stereocenters. The van der Waals surface area contributed by atoms with Gasteiger partial charge in [-0.05, 0) is 32.0 Å². The van der Waals surface area contributed by atoms with Crippen molar-refractivity contribution in [3.63, 3.8) is 0 Å². The zero-order valence-electron chi connectivity index (χ0n) is 10.4. The molecular formula is C12H14F3NO3. The molecule has 0 unspecified atom stereocenters. The summed E-state index contributed by atoms with van der Waals surface area (Å²) in [7, 11) is 0. The Kier molecular flexibility index (Phi) is 4.09. The number of aliphatic hydroxyl groups is 1. The molecule has 1 aromatic carbocycles. The number of rotatable bonds is 4. The lowest BCUT2D eigenvalue weighted by molar-refractivity contribution is -0.137. The van der Waals surface area contributed by atoms with Crippen LogP contribution in [0.25, 0.3) is 0 Å². The number of benzene rings is 1. The summed E-state index contributed by atoms with van der Waals surface area (Å²) in [4.78, 5) is 11.0. The molecule has 0 radical (unpaired) electrons. The van der Waals surface area contributed by atoms with Crippen molar-refractivity contribution in [3.05, 3.63) is 29.3 Å². The van der Waals surface area contributed by atoms with Crippen LogP contribution < -0.4 is 5.32 Å². The summed E-state index contributed by atoms with van der Waals surface area (Å²) >= 11 is 0. The van der Waals surface area contributed by atoms with E-state index in [1.165, 1.54) is 13.8 Å². The Morgan fingerprint density at radius 2 is 1.89 bits per heavy atom. The molecule has 0 spiro atoms. The van der Waals surface area contributed by atoms with Crippen molar-refractivity contribution < 1.29 is 28.2 Å². The highest BCUT2D eigenvalue weighted by Gasteiger charge is 2.31. The van der Waals surface area contributed by atoms with Crippen LogP contribution in [0.15, 0.2) is 18.2 Å². The van der Waals surface area contributed by atoms with Gasteiger partial charge in [0.25, 0.3) is 0 Å². The Morgan fingerprint density at radius 1 is 1.32 bits per heavy atom. The average molecular weight is 277 g/mol. The molecule has 0 heterocycles. The van der Waals surface area contributed by atoms with Crippen LogP contribution in [0.4, 0.5) is 18.9 Å². The van der Waals surface area contributed by atoms with Crippen molar-refractivity contribution in [1.82, 2.24) is 0 Å². The van der Waals surface area contributed by atoms with Crippen LogP contribution in [0.2, 0.25) is 0 Å². The van der Waals surface area contributed by atoms with Crippen LogP contribution >= 0.6 is 0 Å². The van der Waals surface area contributed by atoms with E-state index in [1.54, 1.807) is 0 Å². The van der Waals surface area contributed by atoms with Gasteiger partial charge in [0, 0.05) is 12.2 Å². The van der Waals surface area contributed by atoms with E-state index < -0.39 is 28.9 Å². The molecule has 3 N–H and O–H groups in total. The lowest BCUT2D eigenvalue weighted by Gasteiger charge is -2.20. The second kappa shape index (κ2) is 5.08. The minimum Gasteiger partial charge on any atom is -0.478 e. The number of alkyl halides is 3. The third-order valence-electron chi connectivity index (χ3n) is 2.29. The third-order valence-corrected chi connectivity index (χ3v) is 2.29. The number of anilines is 1. The van der Waals surface area contributed by atoms with E-state index in [4.69, 9.17) is 5.11 Å². The van der Waals surface area contributed by atoms with E-state index in [-0.39, 0.29) is 12.2 Å². The molecule has 0 saturated carbocycles. The van der Waals surface area contributed by atoms with Crippen molar-refractivity contribution in [2.75, 3.05) is 11.9 Å². The highest BCUT2D eigenvalue weighted by Crippen LogP contribution is 2.32. The van der Waals surface area contributed by atoms with E-state index in [0.29, 0.717) is 6.07 Å². The first-order valence-corrected chi connectivity index (χ1v) is 5.41. The number of carboxylic acid groups (broad SMARTS) is 1. The molecule has 1 rings (SSSR count). The van der Waals surface area contributed by atoms with Gasteiger partial charge in [-0.15, -0.1) is 0 Å². The highest BCUT2D eigenvalue weighted by molar-refractivity contribution is 5.94. The minimum atomic E-state index is -4.60. The van der Waals surface area contributed by atoms with Crippen molar-refractivity contribution in [1.29, 1.82) is 0 Å². The molecule has 0 aliphatic carbocycles. The standard InChI is InChI=1S/C12H14F3NO3/c1-11(2,19)6-16-9-4-3-7(12(13,14)15)5-8(9)10(17)18/h3-5,16,19H,6H2,1-2H3,(H,17,18). The molecule has 0 aromatic heterocycles. The van der Waals surface area contributed by atoms with Crippen LogP contribution in [0.3, 0.4) is 0 Å². The summed E-state index contributed by atoms with van der Waals surface area (Å²) in [6.07, 6.45) is -4.60.